The van der Waals surface area contributed by atoms with E-state index in [0.29, 0.717) is 38.8 Å². The second-order valence-electron chi connectivity index (χ2n) is 5.56. The van der Waals surface area contributed by atoms with Crippen molar-refractivity contribution in [2.75, 3.05) is 23.5 Å². The monoisotopic (exact) mass is 389 g/mol. The third-order valence-electron chi connectivity index (χ3n) is 3.68. The molecule has 1 heterocycles. The molecule has 4 N–H and O–H groups in total. The number of aryl methyl sites for hydroxylation is 1. The minimum atomic E-state index is 0.349. The molecular weight excluding hydrogens is 373 g/mol. The van der Waals surface area contributed by atoms with Gasteiger partial charge in [0.1, 0.15) is 17.8 Å². The molecular formula is C18H17Cl2N5O. The van der Waals surface area contributed by atoms with Gasteiger partial charge >= 0.3 is 0 Å². The van der Waals surface area contributed by atoms with E-state index >= 15 is 0 Å². The molecule has 0 aliphatic carbocycles. The summed E-state index contributed by atoms with van der Waals surface area (Å²) in [5.74, 6) is 1.57. The number of aromatic nitrogens is 2. The van der Waals surface area contributed by atoms with E-state index in [1.54, 1.807) is 25.3 Å². The zero-order valence-electron chi connectivity index (χ0n) is 14.2. The van der Waals surface area contributed by atoms with Crippen LogP contribution in [0.4, 0.5) is 28.7 Å². The van der Waals surface area contributed by atoms with Crippen LogP contribution in [0.1, 0.15) is 5.56 Å². The summed E-state index contributed by atoms with van der Waals surface area (Å²) < 4.78 is 5.37. The minimum Gasteiger partial charge on any atom is -0.495 e. The fourth-order valence-corrected chi connectivity index (χ4v) is 2.82. The number of anilines is 5. The summed E-state index contributed by atoms with van der Waals surface area (Å²) in [5, 5.41) is 7.29. The smallest absolute Gasteiger partial charge is 0.159 e. The molecule has 6 nitrogen and oxygen atoms in total. The van der Waals surface area contributed by atoms with Gasteiger partial charge in [-0.25, -0.2) is 9.97 Å². The van der Waals surface area contributed by atoms with Crippen LogP contribution in [0.3, 0.4) is 0 Å². The lowest BCUT2D eigenvalue weighted by Gasteiger charge is -2.15. The molecule has 0 amide bonds. The standard InChI is InChI=1S/C18H17Cl2N5O/c1-10-3-6-15(26-2)14(7-10)25-18-16(21)17(22-9-23-18)24-13-5-4-11(19)8-12(13)20/h3-9H,21H2,1-2H3,(H2,22,23,24,25). The first-order chi connectivity index (χ1) is 12.5. The van der Waals surface area contributed by atoms with Crippen molar-refractivity contribution in [3.8, 4) is 5.75 Å². The first-order valence-corrected chi connectivity index (χ1v) is 8.47. The van der Waals surface area contributed by atoms with Gasteiger partial charge < -0.3 is 21.1 Å². The van der Waals surface area contributed by atoms with Crippen molar-refractivity contribution in [3.05, 3.63) is 58.3 Å². The molecule has 0 unspecified atom stereocenters. The van der Waals surface area contributed by atoms with E-state index in [-0.39, 0.29) is 0 Å². The quantitative estimate of drug-likeness (QED) is 0.557. The summed E-state index contributed by atoms with van der Waals surface area (Å²) in [6, 6.07) is 10.9. The Hall–Kier alpha value is -2.70. The molecule has 26 heavy (non-hydrogen) atoms. The highest BCUT2D eigenvalue weighted by Crippen LogP contribution is 2.34. The van der Waals surface area contributed by atoms with Crippen molar-refractivity contribution >= 4 is 51.9 Å². The van der Waals surface area contributed by atoms with Gasteiger partial charge in [-0.1, -0.05) is 29.3 Å². The van der Waals surface area contributed by atoms with Crippen LogP contribution in [-0.4, -0.2) is 17.1 Å². The molecule has 0 saturated heterocycles. The van der Waals surface area contributed by atoms with Gasteiger partial charge in [0.2, 0.25) is 0 Å². The largest absolute Gasteiger partial charge is 0.495 e. The van der Waals surface area contributed by atoms with Crippen LogP contribution in [0.25, 0.3) is 0 Å². The van der Waals surface area contributed by atoms with Crippen LogP contribution in [0, 0.1) is 6.92 Å². The van der Waals surface area contributed by atoms with Crippen LogP contribution >= 0.6 is 23.2 Å². The Morgan fingerprint density at radius 2 is 1.65 bits per heavy atom. The SMILES string of the molecule is COc1ccc(C)cc1Nc1ncnc(Nc2ccc(Cl)cc2Cl)c1N. The Kier molecular flexibility index (Phi) is 5.35. The predicted octanol–water partition coefficient (Wildman–Crippen LogP) is 5.17. The molecule has 0 fully saturated rings. The molecule has 2 aromatic carbocycles. The number of nitrogens with two attached hydrogens (primary N) is 1. The molecule has 0 radical (unpaired) electrons. The molecule has 0 aliphatic heterocycles. The summed E-state index contributed by atoms with van der Waals surface area (Å²) >= 11 is 12.1. The van der Waals surface area contributed by atoms with Gasteiger partial charge in [0, 0.05) is 5.02 Å². The fourth-order valence-electron chi connectivity index (χ4n) is 2.36. The molecule has 3 rings (SSSR count). The van der Waals surface area contributed by atoms with Crippen molar-refractivity contribution in [1.29, 1.82) is 0 Å². The first kappa shape index (κ1) is 18.1. The highest BCUT2D eigenvalue weighted by molar-refractivity contribution is 6.36. The van der Waals surface area contributed by atoms with E-state index in [1.165, 1.54) is 6.33 Å². The highest BCUT2D eigenvalue weighted by atomic mass is 35.5. The lowest BCUT2D eigenvalue weighted by molar-refractivity contribution is 0.416. The number of halogens is 2. The van der Waals surface area contributed by atoms with Crippen LogP contribution in [0.5, 0.6) is 5.75 Å². The Morgan fingerprint density at radius 3 is 2.31 bits per heavy atom. The third-order valence-corrected chi connectivity index (χ3v) is 4.22. The van der Waals surface area contributed by atoms with Crippen molar-refractivity contribution < 1.29 is 4.74 Å². The lowest BCUT2D eigenvalue weighted by atomic mass is 10.2. The zero-order chi connectivity index (χ0) is 18.7. The van der Waals surface area contributed by atoms with Gasteiger partial charge in [-0.2, -0.15) is 0 Å². The number of methoxy groups -OCH3 is 1. The summed E-state index contributed by atoms with van der Waals surface area (Å²) in [6.45, 7) is 1.99. The van der Waals surface area contributed by atoms with Gasteiger partial charge in [-0.15, -0.1) is 0 Å². The normalized spacial score (nSPS) is 10.5. The maximum absolute atomic E-state index is 6.23. The summed E-state index contributed by atoms with van der Waals surface area (Å²) in [7, 11) is 1.61. The number of hydrogen-bond acceptors (Lipinski definition) is 6. The summed E-state index contributed by atoms with van der Waals surface area (Å²) in [5.41, 5.74) is 9.05. The summed E-state index contributed by atoms with van der Waals surface area (Å²) in [4.78, 5) is 8.41. The fraction of sp³-hybridized carbons (Fsp3) is 0.111. The first-order valence-electron chi connectivity index (χ1n) is 7.72. The van der Waals surface area contributed by atoms with E-state index < -0.39 is 0 Å². The zero-order valence-corrected chi connectivity index (χ0v) is 15.7. The van der Waals surface area contributed by atoms with Crippen molar-refractivity contribution in [2.24, 2.45) is 0 Å². The number of benzene rings is 2. The van der Waals surface area contributed by atoms with Crippen LogP contribution < -0.4 is 21.1 Å². The summed E-state index contributed by atoms with van der Waals surface area (Å²) in [6.07, 6.45) is 1.41. The molecule has 8 heteroatoms. The Balaban J connectivity index is 1.91. The molecule has 0 atom stereocenters. The van der Waals surface area contributed by atoms with E-state index in [2.05, 4.69) is 20.6 Å². The number of nitrogens with zero attached hydrogens (tertiary/aromatic N) is 2. The average Bonchev–Trinajstić information content (AvgIpc) is 2.61. The van der Waals surface area contributed by atoms with Crippen LogP contribution in [-0.2, 0) is 0 Å². The maximum atomic E-state index is 6.23. The number of hydrogen-bond donors (Lipinski definition) is 3. The van der Waals surface area contributed by atoms with Crippen molar-refractivity contribution in [3.63, 3.8) is 0 Å². The van der Waals surface area contributed by atoms with E-state index in [4.69, 9.17) is 33.7 Å². The Bertz CT molecular complexity index is 949. The van der Waals surface area contributed by atoms with Gasteiger partial charge in [0.15, 0.2) is 11.6 Å². The van der Waals surface area contributed by atoms with Crippen molar-refractivity contribution in [1.82, 2.24) is 9.97 Å². The topological polar surface area (TPSA) is 85.1 Å². The molecule has 0 bridgehead atoms. The van der Waals surface area contributed by atoms with Crippen LogP contribution in [0.15, 0.2) is 42.7 Å². The molecule has 1 aromatic heterocycles. The molecule has 0 spiro atoms. The highest BCUT2D eigenvalue weighted by Gasteiger charge is 2.12. The predicted molar refractivity (Wildman–Crippen MR) is 107 cm³/mol. The van der Waals surface area contributed by atoms with E-state index in [9.17, 15) is 0 Å². The Labute approximate surface area is 161 Å². The molecule has 0 aliphatic rings. The number of nitrogens with one attached hydrogen (secondary N) is 2. The lowest BCUT2D eigenvalue weighted by Crippen LogP contribution is -2.06. The minimum absolute atomic E-state index is 0.349. The maximum Gasteiger partial charge on any atom is 0.159 e. The Morgan fingerprint density at radius 1 is 0.962 bits per heavy atom. The second kappa shape index (κ2) is 7.68. The second-order valence-corrected chi connectivity index (χ2v) is 6.41. The van der Waals surface area contributed by atoms with Gasteiger partial charge in [-0.05, 0) is 42.8 Å². The molecule has 0 saturated carbocycles. The third kappa shape index (κ3) is 3.92. The van der Waals surface area contributed by atoms with E-state index in [0.717, 1.165) is 11.3 Å². The van der Waals surface area contributed by atoms with Gasteiger partial charge in [0.25, 0.3) is 0 Å². The van der Waals surface area contributed by atoms with Gasteiger partial charge in [-0.3, -0.25) is 0 Å². The number of rotatable bonds is 5. The number of ether oxygens (including phenoxy) is 1. The molecule has 134 valence electrons. The van der Waals surface area contributed by atoms with Crippen LogP contribution in [0.2, 0.25) is 10.0 Å². The average molecular weight is 390 g/mol. The van der Waals surface area contributed by atoms with Gasteiger partial charge in [0.05, 0.1) is 23.5 Å². The molecule has 3 aromatic rings. The van der Waals surface area contributed by atoms with Crippen molar-refractivity contribution in [2.45, 2.75) is 6.92 Å². The number of nitrogen functional groups attached to an aromatic ring is 1. The van der Waals surface area contributed by atoms with E-state index in [1.807, 2.05) is 25.1 Å².